The summed E-state index contributed by atoms with van der Waals surface area (Å²) in [5.41, 5.74) is 0. The molecule has 0 aromatic carbocycles. The molecule has 6 heteroatoms. The van der Waals surface area contributed by atoms with Gasteiger partial charge in [-0.3, -0.25) is 14.4 Å². The molecule has 0 aliphatic carbocycles. The van der Waals surface area contributed by atoms with Crippen LogP contribution in [0.15, 0.2) is 97.2 Å². The van der Waals surface area contributed by atoms with Crippen LogP contribution in [0.4, 0.5) is 0 Å². The van der Waals surface area contributed by atoms with Gasteiger partial charge >= 0.3 is 17.9 Å². The Bertz CT molecular complexity index is 1610. The summed E-state index contributed by atoms with van der Waals surface area (Å²) >= 11 is 0. The van der Waals surface area contributed by atoms with E-state index in [1.54, 1.807) is 0 Å². The van der Waals surface area contributed by atoms with E-state index in [-0.39, 0.29) is 31.1 Å². The minimum Gasteiger partial charge on any atom is -0.462 e. The molecule has 0 bridgehead atoms. The molecule has 0 rings (SSSR count). The normalized spacial score (nSPS) is 12.7. The highest BCUT2D eigenvalue weighted by atomic mass is 16.6. The highest BCUT2D eigenvalue weighted by Gasteiger charge is 2.19. The van der Waals surface area contributed by atoms with Gasteiger partial charge < -0.3 is 14.2 Å². The van der Waals surface area contributed by atoms with Gasteiger partial charge in [-0.1, -0.05) is 317 Å². The van der Waals surface area contributed by atoms with Gasteiger partial charge in [-0.15, -0.1) is 0 Å². The first-order valence-electron chi connectivity index (χ1n) is 35.7. The first-order chi connectivity index (χ1) is 41.0. The molecule has 0 heterocycles. The molecule has 0 aliphatic rings. The van der Waals surface area contributed by atoms with Crippen molar-refractivity contribution in [3.05, 3.63) is 97.2 Å². The number of hydrogen-bond acceptors (Lipinski definition) is 6. The summed E-state index contributed by atoms with van der Waals surface area (Å²) in [6, 6.07) is 0. The highest BCUT2D eigenvalue weighted by molar-refractivity contribution is 5.71. The number of rotatable bonds is 65. The average Bonchev–Trinajstić information content (AvgIpc) is 3.48. The quantitative estimate of drug-likeness (QED) is 0.0261. The van der Waals surface area contributed by atoms with Gasteiger partial charge in [0.25, 0.3) is 0 Å². The zero-order valence-corrected chi connectivity index (χ0v) is 54.9. The summed E-state index contributed by atoms with van der Waals surface area (Å²) in [4.78, 5) is 38.4. The van der Waals surface area contributed by atoms with Crippen LogP contribution < -0.4 is 0 Å². The maximum atomic E-state index is 12.9. The van der Waals surface area contributed by atoms with Crippen LogP contribution in [0, 0.1) is 0 Å². The molecular weight excluding hydrogens is 1020 g/mol. The lowest BCUT2D eigenvalue weighted by Crippen LogP contribution is -2.30. The lowest BCUT2D eigenvalue weighted by Gasteiger charge is -2.18. The molecule has 0 aromatic heterocycles. The standard InChI is InChI=1S/C77H134O6/c1-4-7-10-13-16-19-22-24-26-28-30-32-34-35-36-37-38-39-40-41-43-44-46-48-50-52-55-58-61-64-67-70-76(79)82-73-74(72-81-75(78)69-66-63-60-57-54-21-18-15-12-9-6-3)83-77(80)71-68-65-62-59-56-53-51-49-47-45-42-33-31-29-27-25-23-20-17-14-11-8-5-2/h7,10,15-16,18-19,23-26,29-32,42,45,74H,4-6,8-9,11-14,17,20-22,27-28,33-41,43-44,46-73H2,1-3H3/b10-7-,18-15-,19-16-,25-23-,26-24-,31-29-,32-30-,45-42-. The zero-order chi connectivity index (χ0) is 59.9. The van der Waals surface area contributed by atoms with Crippen LogP contribution in [0.2, 0.25) is 0 Å². The van der Waals surface area contributed by atoms with Gasteiger partial charge in [0, 0.05) is 19.3 Å². The third-order valence-corrected chi connectivity index (χ3v) is 15.5. The molecule has 0 saturated carbocycles. The van der Waals surface area contributed by atoms with Crippen molar-refractivity contribution in [2.75, 3.05) is 13.2 Å². The molecule has 1 unspecified atom stereocenters. The molecule has 478 valence electrons. The van der Waals surface area contributed by atoms with Crippen LogP contribution in [0.25, 0.3) is 0 Å². The fourth-order valence-electron chi connectivity index (χ4n) is 10.2. The second kappa shape index (κ2) is 70.8. The van der Waals surface area contributed by atoms with E-state index < -0.39 is 6.10 Å². The van der Waals surface area contributed by atoms with Crippen molar-refractivity contribution < 1.29 is 28.6 Å². The first-order valence-corrected chi connectivity index (χ1v) is 35.7. The van der Waals surface area contributed by atoms with E-state index in [0.29, 0.717) is 19.3 Å². The number of esters is 3. The van der Waals surface area contributed by atoms with E-state index in [4.69, 9.17) is 14.2 Å². The molecule has 0 radical (unpaired) electrons. The second-order valence-corrected chi connectivity index (χ2v) is 23.8. The average molecular weight is 1160 g/mol. The van der Waals surface area contributed by atoms with Gasteiger partial charge in [0.05, 0.1) is 0 Å². The van der Waals surface area contributed by atoms with Crippen LogP contribution in [0.5, 0.6) is 0 Å². The summed E-state index contributed by atoms with van der Waals surface area (Å²) in [6.45, 7) is 6.50. The van der Waals surface area contributed by atoms with Crippen LogP contribution >= 0.6 is 0 Å². The summed E-state index contributed by atoms with van der Waals surface area (Å²) in [5.74, 6) is -0.882. The van der Waals surface area contributed by atoms with Gasteiger partial charge in [0.1, 0.15) is 13.2 Å². The number of ether oxygens (including phenoxy) is 3. The van der Waals surface area contributed by atoms with Gasteiger partial charge in [-0.25, -0.2) is 0 Å². The Hall–Kier alpha value is -3.67. The Kier molecular flexibility index (Phi) is 67.7. The van der Waals surface area contributed by atoms with E-state index in [1.165, 1.54) is 205 Å². The van der Waals surface area contributed by atoms with Crippen molar-refractivity contribution in [3.8, 4) is 0 Å². The van der Waals surface area contributed by atoms with Gasteiger partial charge in [-0.2, -0.15) is 0 Å². The molecule has 0 spiro atoms. The zero-order valence-electron chi connectivity index (χ0n) is 54.9. The third kappa shape index (κ3) is 69.0. The number of unbranched alkanes of at least 4 members (excludes halogenated alkanes) is 38. The van der Waals surface area contributed by atoms with E-state index in [2.05, 4.69) is 118 Å². The van der Waals surface area contributed by atoms with E-state index in [0.717, 1.165) is 109 Å². The van der Waals surface area contributed by atoms with Crippen LogP contribution in [0.3, 0.4) is 0 Å². The summed E-state index contributed by atoms with van der Waals surface area (Å²) < 4.78 is 17.0. The number of carbonyl (C=O) groups is 3. The topological polar surface area (TPSA) is 78.9 Å². The van der Waals surface area contributed by atoms with Crippen molar-refractivity contribution >= 4 is 17.9 Å². The number of carbonyl (C=O) groups excluding carboxylic acids is 3. The van der Waals surface area contributed by atoms with Gasteiger partial charge in [0.2, 0.25) is 0 Å². The molecule has 0 aliphatic heterocycles. The molecule has 83 heavy (non-hydrogen) atoms. The summed E-state index contributed by atoms with van der Waals surface area (Å²) in [5, 5.41) is 0. The SMILES string of the molecule is CC/C=C\C/C=C\C/C=C\C/C=C\CCCCCCCCCCCCCCCCCCCCC(=O)OCC(COC(=O)CCCCCCC/C=C\CCCC)OC(=O)CCCCCCCCCC/C=C\C/C=C\C/C=C\CCCCCCC. The maximum Gasteiger partial charge on any atom is 0.306 e. The molecule has 0 N–H and O–H groups in total. The molecule has 1 atom stereocenters. The highest BCUT2D eigenvalue weighted by Crippen LogP contribution is 2.17. The molecule has 0 fully saturated rings. The molecular formula is C77H134O6. The minimum atomic E-state index is -0.785. The molecule has 0 amide bonds. The van der Waals surface area contributed by atoms with Crippen LogP contribution in [0.1, 0.15) is 355 Å². The van der Waals surface area contributed by atoms with Crippen molar-refractivity contribution in [3.63, 3.8) is 0 Å². The third-order valence-electron chi connectivity index (χ3n) is 15.5. The van der Waals surface area contributed by atoms with Crippen LogP contribution in [-0.4, -0.2) is 37.2 Å². The lowest BCUT2D eigenvalue weighted by atomic mass is 10.0. The minimum absolute atomic E-state index is 0.0799. The smallest absolute Gasteiger partial charge is 0.306 e. The Morgan fingerprint density at radius 3 is 0.783 bits per heavy atom. The Labute approximate surface area is 515 Å². The Morgan fingerprint density at radius 2 is 0.482 bits per heavy atom. The summed E-state index contributed by atoms with van der Waals surface area (Å²) in [6.07, 6.45) is 95.9. The van der Waals surface area contributed by atoms with E-state index in [1.807, 2.05) is 0 Å². The molecule has 6 nitrogen and oxygen atoms in total. The summed E-state index contributed by atoms with van der Waals surface area (Å²) in [7, 11) is 0. The van der Waals surface area contributed by atoms with E-state index in [9.17, 15) is 14.4 Å². The number of hydrogen-bond donors (Lipinski definition) is 0. The molecule has 0 aromatic rings. The van der Waals surface area contributed by atoms with Crippen molar-refractivity contribution in [1.29, 1.82) is 0 Å². The predicted octanol–water partition coefficient (Wildman–Crippen LogP) is 24.8. The fraction of sp³-hybridized carbons (Fsp3) is 0.753. The van der Waals surface area contributed by atoms with Crippen molar-refractivity contribution in [1.82, 2.24) is 0 Å². The maximum absolute atomic E-state index is 12.9. The lowest BCUT2D eigenvalue weighted by molar-refractivity contribution is -0.167. The van der Waals surface area contributed by atoms with Gasteiger partial charge in [-0.05, 0) is 116 Å². The van der Waals surface area contributed by atoms with E-state index >= 15 is 0 Å². The number of allylic oxidation sites excluding steroid dienone is 16. The van der Waals surface area contributed by atoms with Crippen molar-refractivity contribution in [2.45, 2.75) is 361 Å². The van der Waals surface area contributed by atoms with Gasteiger partial charge in [0.15, 0.2) is 6.10 Å². The predicted molar refractivity (Wildman–Crippen MR) is 362 cm³/mol. The largest absolute Gasteiger partial charge is 0.462 e. The van der Waals surface area contributed by atoms with Crippen molar-refractivity contribution in [2.24, 2.45) is 0 Å². The fourth-order valence-corrected chi connectivity index (χ4v) is 10.2. The Morgan fingerprint density at radius 1 is 0.253 bits per heavy atom. The Balaban J connectivity index is 4.19. The molecule has 0 saturated heterocycles. The first kappa shape index (κ1) is 79.3. The second-order valence-electron chi connectivity index (χ2n) is 23.8. The van der Waals surface area contributed by atoms with Crippen LogP contribution in [-0.2, 0) is 28.6 Å². The monoisotopic (exact) mass is 1160 g/mol.